The van der Waals surface area contributed by atoms with Gasteiger partial charge >= 0.3 is 0 Å². The zero-order valence-corrected chi connectivity index (χ0v) is 12.6. The van der Waals surface area contributed by atoms with Crippen LogP contribution in [-0.2, 0) is 0 Å². The normalized spacial score (nSPS) is 11.0. The largest absolute Gasteiger partial charge is 0.312 e. The van der Waals surface area contributed by atoms with E-state index < -0.39 is 17.5 Å². The van der Waals surface area contributed by atoms with E-state index in [9.17, 15) is 13.6 Å². The molecule has 25 heavy (non-hydrogen) atoms. The number of hydrazine groups is 1. The van der Waals surface area contributed by atoms with E-state index in [1.165, 1.54) is 18.6 Å². The van der Waals surface area contributed by atoms with Crippen LogP contribution in [0.15, 0.2) is 49.1 Å². The highest BCUT2D eigenvalue weighted by atomic mass is 19.2. The van der Waals surface area contributed by atoms with Gasteiger partial charge in [0.2, 0.25) is 0 Å². The fourth-order valence-electron chi connectivity index (χ4n) is 2.46. The van der Waals surface area contributed by atoms with Crippen LogP contribution >= 0.6 is 0 Å². The molecule has 4 rings (SSSR count). The molecule has 0 saturated carbocycles. The molecule has 1 amide bonds. The summed E-state index contributed by atoms with van der Waals surface area (Å²) in [5, 5.41) is 0. The van der Waals surface area contributed by atoms with Crippen molar-refractivity contribution in [2.75, 3.05) is 5.43 Å². The Balaban J connectivity index is 1.72. The molecule has 0 atom stereocenters. The number of amides is 1. The first-order valence-corrected chi connectivity index (χ1v) is 7.21. The number of nitrogens with one attached hydrogen (secondary N) is 2. The lowest BCUT2D eigenvalue weighted by atomic mass is 10.2. The molecule has 2 N–H and O–H groups in total. The number of carbonyl (C=O) groups is 1. The van der Waals surface area contributed by atoms with Crippen LogP contribution in [0.5, 0.6) is 0 Å². The maximum Gasteiger partial charge on any atom is 0.289 e. The van der Waals surface area contributed by atoms with Crippen molar-refractivity contribution in [3.8, 4) is 0 Å². The Morgan fingerprint density at radius 1 is 1.12 bits per heavy atom. The molecule has 7 nitrogen and oxygen atoms in total. The molecule has 0 spiro atoms. The van der Waals surface area contributed by atoms with E-state index in [-0.39, 0.29) is 17.0 Å². The molecule has 0 aliphatic carbocycles. The standard InChI is InChI=1S/C16H10F2N6O/c17-9-6-11-14(7-10(9)18)24-5-1-2-13(24)15(21-11)22-23-16(25)12-8-19-3-4-20-12/h1-8H,(H,21,22)(H,23,25). The zero-order chi connectivity index (χ0) is 17.4. The van der Waals surface area contributed by atoms with Crippen molar-refractivity contribution in [3.05, 3.63) is 66.4 Å². The van der Waals surface area contributed by atoms with Crippen molar-refractivity contribution in [3.63, 3.8) is 0 Å². The van der Waals surface area contributed by atoms with E-state index in [0.29, 0.717) is 11.0 Å². The van der Waals surface area contributed by atoms with Gasteiger partial charge in [-0.2, -0.15) is 0 Å². The lowest BCUT2D eigenvalue weighted by Gasteiger charge is -2.11. The summed E-state index contributed by atoms with van der Waals surface area (Å²) in [7, 11) is 0. The summed E-state index contributed by atoms with van der Waals surface area (Å²) < 4.78 is 28.7. The second kappa shape index (κ2) is 5.78. The van der Waals surface area contributed by atoms with E-state index in [0.717, 1.165) is 12.1 Å². The van der Waals surface area contributed by atoms with Gasteiger partial charge < -0.3 is 4.40 Å². The van der Waals surface area contributed by atoms with E-state index in [1.54, 1.807) is 22.7 Å². The van der Waals surface area contributed by atoms with Gasteiger partial charge in [0, 0.05) is 30.7 Å². The maximum absolute atomic E-state index is 13.5. The Morgan fingerprint density at radius 3 is 2.76 bits per heavy atom. The van der Waals surface area contributed by atoms with Gasteiger partial charge in [-0.1, -0.05) is 0 Å². The minimum Gasteiger partial charge on any atom is -0.312 e. The topological polar surface area (TPSA) is 84.2 Å². The summed E-state index contributed by atoms with van der Waals surface area (Å²) in [6, 6.07) is 5.53. The fraction of sp³-hybridized carbons (Fsp3) is 0. The Hall–Kier alpha value is -3.62. The van der Waals surface area contributed by atoms with Crippen molar-refractivity contribution in [1.29, 1.82) is 0 Å². The minimum atomic E-state index is -0.999. The van der Waals surface area contributed by atoms with Crippen molar-refractivity contribution < 1.29 is 13.6 Å². The first kappa shape index (κ1) is 14.9. The molecule has 0 bridgehead atoms. The van der Waals surface area contributed by atoms with Crippen molar-refractivity contribution in [2.24, 2.45) is 0 Å². The molecule has 4 aromatic rings. The highest BCUT2D eigenvalue weighted by molar-refractivity contribution is 5.93. The Bertz CT molecular complexity index is 1100. The number of aromatic nitrogens is 4. The van der Waals surface area contributed by atoms with Crippen LogP contribution in [0.25, 0.3) is 16.6 Å². The fourth-order valence-corrected chi connectivity index (χ4v) is 2.46. The first-order chi connectivity index (χ1) is 12.1. The van der Waals surface area contributed by atoms with Gasteiger partial charge in [0.25, 0.3) is 5.91 Å². The van der Waals surface area contributed by atoms with Crippen LogP contribution in [0.3, 0.4) is 0 Å². The predicted molar refractivity (Wildman–Crippen MR) is 85.7 cm³/mol. The quantitative estimate of drug-likeness (QED) is 0.559. The van der Waals surface area contributed by atoms with Crippen molar-refractivity contribution in [1.82, 2.24) is 24.8 Å². The lowest BCUT2D eigenvalue weighted by molar-refractivity contribution is 0.0957. The zero-order valence-electron chi connectivity index (χ0n) is 12.6. The molecule has 0 unspecified atom stereocenters. The van der Waals surface area contributed by atoms with E-state index in [2.05, 4.69) is 25.8 Å². The van der Waals surface area contributed by atoms with Crippen LogP contribution in [0, 0.1) is 11.6 Å². The number of hydrogen-bond donors (Lipinski definition) is 2. The minimum absolute atomic E-state index is 0.121. The number of rotatable bonds is 3. The highest BCUT2D eigenvalue weighted by Crippen LogP contribution is 2.24. The molecule has 0 fully saturated rings. The number of anilines is 1. The highest BCUT2D eigenvalue weighted by Gasteiger charge is 2.13. The number of halogens is 2. The summed E-state index contributed by atoms with van der Waals surface area (Å²) in [5.74, 6) is -2.19. The van der Waals surface area contributed by atoms with Crippen molar-refractivity contribution in [2.45, 2.75) is 0 Å². The van der Waals surface area contributed by atoms with Crippen LogP contribution in [0.1, 0.15) is 10.5 Å². The summed E-state index contributed by atoms with van der Waals surface area (Å²) in [6.07, 6.45) is 5.85. The number of hydrogen-bond acceptors (Lipinski definition) is 5. The predicted octanol–water partition coefficient (Wildman–Crippen LogP) is 2.31. The monoisotopic (exact) mass is 340 g/mol. The number of nitrogens with zero attached hydrogens (tertiary/aromatic N) is 4. The van der Waals surface area contributed by atoms with Gasteiger partial charge in [-0.3, -0.25) is 20.6 Å². The maximum atomic E-state index is 13.5. The summed E-state index contributed by atoms with van der Waals surface area (Å²) in [6.45, 7) is 0. The summed E-state index contributed by atoms with van der Waals surface area (Å²) >= 11 is 0. The van der Waals surface area contributed by atoms with Crippen LogP contribution < -0.4 is 10.9 Å². The molecular formula is C16H10F2N6O. The van der Waals surface area contributed by atoms with Crippen LogP contribution in [0.4, 0.5) is 14.6 Å². The molecule has 3 aromatic heterocycles. The third-order valence-corrected chi connectivity index (χ3v) is 3.59. The molecule has 0 aliphatic rings. The van der Waals surface area contributed by atoms with Crippen LogP contribution in [0.2, 0.25) is 0 Å². The Labute approximate surface area is 139 Å². The van der Waals surface area contributed by atoms with E-state index in [4.69, 9.17) is 0 Å². The second-order valence-electron chi connectivity index (χ2n) is 5.15. The Morgan fingerprint density at radius 2 is 1.96 bits per heavy atom. The number of benzene rings is 1. The van der Waals surface area contributed by atoms with Gasteiger partial charge in [0.05, 0.1) is 22.7 Å². The van der Waals surface area contributed by atoms with Crippen molar-refractivity contribution >= 4 is 28.3 Å². The van der Waals surface area contributed by atoms with Gasteiger partial charge in [-0.05, 0) is 12.1 Å². The molecule has 0 aliphatic heterocycles. The van der Waals surface area contributed by atoms with Gasteiger partial charge in [-0.25, -0.2) is 18.7 Å². The van der Waals surface area contributed by atoms with Crippen LogP contribution in [-0.4, -0.2) is 25.3 Å². The lowest BCUT2D eigenvalue weighted by Crippen LogP contribution is -2.30. The molecule has 3 heterocycles. The SMILES string of the molecule is O=C(NNc1nc2cc(F)c(F)cc2n2cccc12)c1cnccn1. The Kier molecular flexibility index (Phi) is 3.46. The summed E-state index contributed by atoms with van der Waals surface area (Å²) in [5.41, 5.74) is 6.48. The molecule has 124 valence electrons. The number of carbonyl (C=O) groups excluding carboxylic acids is 1. The molecular weight excluding hydrogens is 330 g/mol. The van der Waals surface area contributed by atoms with Gasteiger partial charge in [-0.15, -0.1) is 0 Å². The first-order valence-electron chi connectivity index (χ1n) is 7.21. The van der Waals surface area contributed by atoms with Gasteiger partial charge in [0.1, 0.15) is 5.69 Å². The second-order valence-corrected chi connectivity index (χ2v) is 5.15. The molecule has 0 saturated heterocycles. The smallest absolute Gasteiger partial charge is 0.289 e. The molecule has 1 aromatic carbocycles. The third-order valence-electron chi connectivity index (χ3n) is 3.59. The average Bonchev–Trinajstić information content (AvgIpc) is 3.12. The molecule has 0 radical (unpaired) electrons. The number of fused-ring (bicyclic) bond motifs is 3. The van der Waals surface area contributed by atoms with E-state index >= 15 is 0 Å². The average molecular weight is 340 g/mol. The summed E-state index contributed by atoms with van der Waals surface area (Å²) in [4.78, 5) is 24.0. The third kappa shape index (κ3) is 2.61. The molecule has 9 heteroatoms. The van der Waals surface area contributed by atoms with Gasteiger partial charge in [0.15, 0.2) is 17.5 Å². The van der Waals surface area contributed by atoms with E-state index in [1.807, 2.05) is 0 Å².